The molecule has 0 heterocycles. The Bertz CT molecular complexity index is 144. The summed E-state index contributed by atoms with van der Waals surface area (Å²) in [5.74, 6) is -1.10. The largest absolute Gasteiger partial charge is 0.546 e. The first kappa shape index (κ1) is 8.43. The lowest BCUT2D eigenvalue weighted by molar-refractivity contribution is -0.298. The van der Waals surface area contributed by atoms with Crippen LogP contribution in [0, 0.1) is 0 Å². The van der Waals surface area contributed by atoms with E-state index in [9.17, 15) is 9.90 Å². The van der Waals surface area contributed by atoms with Crippen LogP contribution in [0.1, 0.15) is 0 Å². The number of hydrogen-bond donors (Lipinski definition) is 0. The van der Waals surface area contributed by atoms with Gasteiger partial charge in [-0.1, -0.05) is 26.2 Å². The third-order valence-corrected chi connectivity index (χ3v) is 3.17. The van der Waals surface area contributed by atoms with Gasteiger partial charge in [-0.3, -0.25) is 0 Å². The first-order chi connectivity index (χ1) is 3.85. The molecule has 9 heavy (non-hydrogen) atoms. The zero-order chi connectivity index (χ0) is 7.65. The maximum Gasteiger partial charge on any atom is 0.0791 e. The van der Waals surface area contributed by atoms with Crippen molar-refractivity contribution in [1.82, 2.24) is 0 Å². The Morgan fingerprint density at radius 3 is 1.78 bits per heavy atom. The van der Waals surface area contributed by atoms with E-state index >= 15 is 0 Å². The van der Waals surface area contributed by atoms with E-state index < -0.39 is 14.0 Å². The van der Waals surface area contributed by atoms with Gasteiger partial charge in [-0.25, -0.2) is 0 Å². The summed E-state index contributed by atoms with van der Waals surface area (Å²) >= 11 is 0. The van der Waals surface area contributed by atoms with Crippen LogP contribution in [0.15, 0.2) is 11.8 Å². The molecular weight excluding hydrogens is 132 g/mol. The second kappa shape index (κ2) is 2.35. The minimum atomic E-state index is -1.68. The third-order valence-electron chi connectivity index (χ3n) is 1.15. The van der Waals surface area contributed by atoms with Crippen LogP contribution in [-0.4, -0.2) is 14.0 Å². The Kier molecular flexibility index (Phi) is 2.20. The number of carbonyl (C=O) groups is 1. The molecular formula is C6H11O2Si-. The van der Waals surface area contributed by atoms with Gasteiger partial charge in [0.25, 0.3) is 0 Å². The van der Waals surface area contributed by atoms with E-state index in [0.717, 1.165) is 0 Å². The van der Waals surface area contributed by atoms with Crippen molar-refractivity contribution in [3.05, 3.63) is 11.8 Å². The number of carboxylic acid groups (broad SMARTS) is 1. The fourth-order valence-corrected chi connectivity index (χ4v) is 0.919. The zero-order valence-corrected chi connectivity index (χ0v) is 7.02. The van der Waals surface area contributed by atoms with Crippen molar-refractivity contribution in [3.63, 3.8) is 0 Å². The van der Waals surface area contributed by atoms with Gasteiger partial charge < -0.3 is 9.90 Å². The van der Waals surface area contributed by atoms with Crippen molar-refractivity contribution in [2.75, 3.05) is 0 Å². The number of aliphatic carboxylic acids is 1. The normalized spacial score (nSPS) is 11.0. The van der Waals surface area contributed by atoms with E-state index in [1.807, 2.05) is 19.6 Å². The molecule has 0 spiro atoms. The van der Waals surface area contributed by atoms with E-state index in [0.29, 0.717) is 0 Å². The molecule has 0 rings (SSSR count). The lowest BCUT2D eigenvalue weighted by Gasteiger charge is -2.19. The van der Waals surface area contributed by atoms with Gasteiger partial charge in [0.05, 0.1) is 14.0 Å². The van der Waals surface area contributed by atoms with Gasteiger partial charge in [0.2, 0.25) is 0 Å². The number of carbonyl (C=O) groups excluding carboxylic acids is 1. The molecule has 0 radical (unpaired) electrons. The summed E-state index contributed by atoms with van der Waals surface area (Å²) in [4.78, 5) is 10.2. The summed E-state index contributed by atoms with van der Waals surface area (Å²) in [6, 6.07) is 0. The third kappa shape index (κ3) is 2.46. The van der Waals surface area contributed by atoms with Crippen LogP contribution in [0.4, 0.5) is 0 Å². The summed E-state index contributed by atoms with van der Waals surface area (Å²) in [5, 5.41) is 10.5. The van der Waals surface area contributed by atoms with Crippen LogP contribution < -0.4 is 5.11 Å². The van der Waals surface area contributed by atoms with Gasteiger partial charge in [0.1, 0.15) is 0 Å². The van der Waals surface area contributed by atoms with Gasteiger partial charge in [-0.15, -0.1) is 0 Å². The SMILES string of the molecule is C=C(C(=O)[O-])[Si](C)(C)C. The quantitative estimate of drug-likeness (QED) is 0.408. The molecule has 0 fully saturated rings. The molecule has 3 heteroatoms. The second-order valence-electron chi connectivity index (χ2n) is 3.02. The van der Waals surface area contributed by atoms with Crippen molar-refractivity contribution >= 4 is 14.0 Å². The molecule has 0 aromatic carbocycles. The molecule has 0 saturated heterocycles. The maximum atomic E-state index is 10.2. The van der Waals surface area contributed by atoms with Crippen LogP contribution in [0.5, 0.6) is 0 Å². The molecule has 0 aliphatic rings. The summed E-state index contributed by atoms with van der Waals surface area (Å²) in [6.07, 6.45) is 0. The Morgan fingerprint density at radius 1 is 1.44 bits per heavy atom. The van der Waals surface area contributed by atoms with Crippen molar-refractivity contribution in [3.8, 4) is 0 Å². The molecule has 52 valence electrons. The fraction of sp³-hybridized carbons (Fsp3) is 0.500. The second-order valence-corrected chi connectivity index (χ2v) is 8.12. The highest BCUT2D eigenvalue weighted by Gasteiger charge is 2.17. The molecule has 0 bridgehead atoms. The molecule has 0 saturated carbocycles. The van der Waals surface area contributed by atoms with E-state index in [1.54, 1.807) is 0 Å². The Balaban J connectivity index is 4.23. The molecule has 0 amide bonds. The Labute approximate surface area is 56.2 Å². The topological polar surface area (TPSA) is 40.1 Å². The minimum Gasteiger partial charge on any atom is -0.546 e. The standard InChI is InChI=1S/C6H12O2Si/c1-5(6(7)8)9(2,3)4/h1H2,2-4H3,(H,7,8)/p-1. The zero-order valence-electron chi connectivity index (χ0n) is 6.02. The van der Waals surface area contributed by atoms with Crippen LogP contribution in [0.25, 0.3) is 0 Å². The molecule has 0 aliphatic heterocycles. The highest BCUT2D eigenvalue weighted by atomic mass is 28.3. The van der Waals surface area contributed by atoms with Crippen molar-refractivity contribution in [2.24, 2.45) is 0 Å². The molecule has 0 aromatic rings. The van der Waals surface area contributed by atoms with Gasteiger partial charge >= 0.3 is 0 Å². The predicted octanol–water partition coefficient (Wildman–Crippen LogP) is 0.170. The van der Waals surface area contributed by atoms with Crippen molar-refractivity contribution < 1.29 is 9.90 Å². The van der Waals surface area contributed by atoms with Crippen LogP contribution in [0.3, 0.4) is 0 Å². The van der Waals surface area contributed by atoms with E-state index in [-0.39, 0.29) is 5.20 Å². The molecule has 0 unspecified atom stereocenters. The smallest absolute Gasteiger partial charge is 0.0791 e. The molecule has 0 N–H and O–H groups in total. The lowest BCUT2D eigenvalue weighted by atomic mass is 10.7. The molecule has 0 aliphatic carbocycles. The number of hydrogen-bond acceptors (Lipinski definition) is 2. The average molecular weight is 143 g/mol. The van der Waals surface area contributed by atoms with E-state index in [2.05, 4.69) is 6.58 Å². The first-order valence-corrected chi connectivity index (χ1v) is 6.26. The summed E-state index contributed by atoms with van der Waals surface area (Å²) in [5.41, 5.74) is 0. The molecule has 0 atom stereocenters. The summed E-state index contributed by atoms with van der Waals surface area (Å²) in [7, 11) is -1.68. The Hall–Kier alpha value is -0.573. The van der Waals surface area contributed by atoms with Gasteiger partial charge in [0.15, 0.2) is 0 Å². The van der Waals surface area contributed by atoms with Crippen molar-refractivity contribution in [1.29, 1.82) is 0 Å². The fourth-order valence-electron chi connectivity index (χ4n) is 0.306. The highest BCUT2D eigenvalue weighted by molar-refractivity contribution is 6.86. The van der Waals surface area contributed by atoms with E-state index in [1.165, 1.54) is 0 Å². The van der Waals surface area contributed by atoms with Gasteiger partial charge in [-0.2, -0.15) is 0 Å². The summed E-state index contributed by atoms with van der Waals surface area (Å²) in [6.45, 7) is 9.19. The number of rotatable bonds is 2. The monoisotopic (exact) mass is 143 g/mol. The summed E-state index contributed by atoms with van der Waals surface area (Å²) < 4.78 is 0. The number of carboxylic acids is 1. The van der Waals surface area contributed by atoms with Crippen LogP contribution >= 0.6 is 0 Å². The van der Waals surface area contributed by atoms with Crippen LogP contribution in [0.2, 0.25) is 19.6 Å². The van der Waals surface area contributed by atoms with E-state index in [4.69, 9.17) is 0 Å². The van der Waals surface area contributed by atoms with Crippen molar-refractivity contribution in [2.45, 2.75) is 19.6 Å². The van der Waals surface area contributed by atoms with Gasteiger partial charge in [0, 0.05) is 0 Å². The van der Waals surface area contributed by atoms with Crippen LogP contribution in [-0.2, 0) is 4.79 Å². The predicted molar refractivity (Wildman–Crippen MR) is 37.5 cm³/mol. The van der Waals surface area contributed by atoms with Gasteiger partial charge in [-0.05, 0) is 5.20 Å². The Morgan fingerprint density at radius 2 is 1.78 bits per heavy atom. The lowest BCUT2D eigenvalue weighted by Crippen LogP contribution is -2.37. The maximum absolute atomic E-state index is 10.2. The minimum absolute atomic E-state index is 0.280. The first-order valence-electron chi connectivity index (χ1n) is 2.76. The molecule has 2 nitrogen and oxygen atoms in total. The highest BCUT2D eigenvalue weighted by Crippen LogP contribution is 2.10. The average Bonchev–Trinajstić information content (AvgIpc) is 1.62. The molecule has 0 aromatic heterocycles.